The number of carboxylic acids is 4. The first kappa shape index (κ1) is 33.6. The van der Waals surface area contributed by atoms with E-state index in [1.54, 1.807) is 11.0 Å². The van der Waals surface area contributed by atoms with Gasteiger partial charge in [-0.15, -0.1) is 0 Å². The average molecular weight is 611 g/mol. The van der Waals surface area contributed by atoms with Crippen LogP contribution in [0.5, 0.6) is 0 Å². The van der Waals surface area contributed by atoms with E-state index in [2.05, 4.69) is 4.98 Å². The van der Waals surface area contributed by atoms with E-state index in [0.717, 1.165) is 12.8 Å². The van der Waals surface area contributed by atoms with E-state index in [-0.39, 0.29) is 79.1 Å². The first-order chi connectivity index (χ1) is 14.2. The smallest absolute Gasteiger partial charge is 0.480 e. The van der Waals surface area contributed by atoms with Gasteiger partial charge in [0, 0.05) is 18.6 Å². The van der Waals surface area contributed by atoms with Crippen LogP contribution in [0.4, 0.5) is 0 Å². The van der Waals surface area contributed by atoms with Crippen molar-refractivity contribution in [1.29, 1.82) is 0 Å². The van der Waals surface area contributed by atoms with Gasteiger partial charge in [-0.3, -0.25) is 24.2 Å². The molecular weight excluding hydrogens is 582 g/mol. The van der Waals surface area contributed by atoms with Gasteiger partial charge in [0.15, 0.2) is 0 Å². The molecule has 0 aliphatic heterocycles. The van der Waals surface area contributed by atoms with Crippen LogP contribution in [0.2, 0.25) is 0 Å². The van der Waals surface area contributed by atoms with Crippen molar-refractivity contribution in [3.8, 4) is 0 Å². The fourth-order valence-electron chi connectivity index (χ4n) is 3.94. The predicted molar refractivity (Wildman–Crippen MR) is 109 cm³/mol. The van der Waals surface area contributed by atoms with Crippen molar-refractivity contribution >= 4 is 23.9 Å². The number of nitrogens with zero attached hydrogens (tertiary/aromatic N) is 3. The molecule has 184 valence electrons. The SMILES string of the molecule is O.O.O=C(O)CN(Cc1cccc(C(=O)O)n1)[C@@H]1CCCC[C@@H]1N(CC(=O)O)CC(=O)O.[Eu+3]. The summed E-state index contributed by atoms with van der Waals surface area (Å²) in [4.78, 5) is 52.2. The number of pyridine rings is 1. The van der Waals surface area contributed by atoms with Gasteiger partial charge < -0.3 is 31.4 Å². The minimum Gasteiger partial charge on any atom is -0.480 e. The number of aliphatic carboxylic acids is 3. The molecule has 0 radical (unpaired) electrons. The van der Waals surface area contributed by atoms with Gasteiger partial charge in [0.25, 0.3) is 0 Å². The molecule has 0 bridgehead atoms. The Morgan fingerprint density at radius 1 is 0.818 bits per heavy atom. The molecule has 1 heterocycles. The standard InChI is InChI=1S/C19H25N3O8.Eu.2H2O/c23-16(24)9-21(8-12-4-3-5-13(20-12)19(29)30)14-6-1-2-7-15(14)22(10-17(25)26)11-18(27)28;;;/h3-5,14-15H,1-2,6-11H2,(H,23,24)(H,25,26)(H,27,28)(H,29,30);;2*1H2/q;+3;;/t14-,15+;;;/m1.../s1. The molecule has 1 saturated carbocycles. The van der Waals surface area contributed by atoms with Crippen molar-refractivity contribution in [3.63, 3.8) is 0 Å². The van der Waals surface area contributed by atoms with E-state index in [4.69, 9.17) is 5.11 Å². The predicted octanol–water partition coefficient (Wildman–Crippen LogP) is -1.20. The van der Waals surface area contributed by atoms with Crippen LogP contribution in [-0.4, -0.2) is 102 Å². The van der Waals surface area contributed by atoms with Gasteiger partial charge in [-0.25, -0.2) is 9.78 Å². The van der Waals surface area contributed by atoms with Crippen molar-refractivity contribution in [2.24, 2.45) is 0 Å². The summed E-state index contributed by atoms with van der Waals surface area (Å²) in [6.45, 7) is -1.26. The summed E-state index contributed by atoms with van der Waals surface area (Å²) in [5, 5.41) is 36.9. The normalized spacial score (nSPS) is 17.3. The topological polar surface area (TPSA) is 232 Å². The molecule has 33 heavy (non-hydrogen) atoms. The summed E-state index contributed by atoms with van der Waals surface area (Å²) in [5.74, 6) is -4.63. The van der Waals surface area contributed by atoms with Crippen LogP contribution in [-0.2, 0) is 20.9 Å². The number of hydrogen-bond donors (Lipinski definition) is 4. The second-order valence-electron chi connectivity index (χ2n) is 7.23. The molecule has 2 rings (SSSR count). The van der Waals surface area contributed by atoms with Crippen LogP contribution < -0.4 is 0 Å². The van der Waals surface area contributed by atoms with Crippen LogP contribution in [0.15, 0.2) is 18.2 Å². The summed E-state index contributed by atoms with van der Waals surface area (Å²) in [7, 11) is 0. The maximum Gasteiger partial charge on any atom is 3.00 e. The Bertz CT molecular complexity index is 794. The van der Waals surface area contributed by atoms with Crippen molar-refractivity contribution in [2.75, 3.05) is 19.6 Å². The molecule has 1 aliphatic rings. The van der Waals surface area contributed by atoms with E-state index in [0.29, 0.717) is 18.5 Å². The Kier molecular flexibility index (Phi) is 16.5. The molecule has 8 N–H and O–H groups in total. The summed E-state index contributed by atoms with van der Waals surface area (Å²) < 4.78 is 0. The van der Waals surface area contributed by atoms with Crippen LogP contribution in [0.1, 0.15) is 41.9 Å². The molecule has 13 nitrogen and oxygen atoms in total. The summed E-state index contributed by atoms with van der Waals surface area (Å²) in [6, 6.07) is 3.56. The Morgan fingerprint density at radius 3 is 1.73 bits per heavy atom. The van der Waals surface area contributed by atoms with Crippen molar-refractivity contribution in [1.82, 2.24) is 14.8 Å². The average Bonchev–Trinajstić information content (AvgIpc) is 2.66. The number of aromatic carboxylic acids is 1. The summed E-state index contributed by atoms with van der Waals surface area (Å²) in [6.07, 6.45) is 2.65. The number of carbonyl (C=O) groups is 4. The third-order valence-electron chi connectivity index (χ3n) is 5.04. The number of aromatic nitrogens is 1. The molecular formula is C19H29EuN3O10+3. The fraction of sp³-hybridized carbons (Fsp3) is 0.526. The van der Waals surface area contributed by atoms with Crippen molar-refractivity contribution in [3.05, 3.63) is 29.6 Å². The molecule has 0 amide bonds. The largest absolute Gasteiger partial charge is 3.00 e. The van der Waals surface area contributed by atoms with Gasteiger partial charge in [-0.2, -0.15) is 0 Å². The van der Waals surface area contributed by atoms with Crippen molar-refractivity contribution in [2.45, 2.75) is 44.3 Å². The third kappa shape index (κ3) is 10.9. The molecule has 1 aliphatic carbocycles. The first-order valence-corrected chi connectivity index (χ1v) is 9.50. The van der Waals surface area contributed by atoms with E-state index in [1.165, 1.54) is 17.0 Å². The van der Waals surface area contributed by atoms with E-state index < -0.39 is 49.1 Å². The number of rotatable bonds is 11. The van der Waals surface area contributed by atoms with Gasteiger partial charge >= 0.3 is 73.3 Å². The molecule has 0 unspecified atom stereocenters. The molecule has 0 saturated heterocycles. The van der Waals surface area contributed by atoms with Gasteiger partial charge in [0.05, 0.1) is 25.3 Å². The zero-order valence-electron chi connectivity index (χ0n) is 17.7. The van der Waals surface area contributed by atoms with Gasteiger partial charge in [-0.1, -0.05) is 18.9 Å². The number of carboxylic acid groups (broad SMARTS) is 4. The van der Waals surface area contributed by atoms with Gasteiger partial charge in [-0.05, 0) is 25.0 Å². The maximum atomic E-state index is 11.5. The Hall–Kier alpha value is -1.55. The van der Waals surface area contributed by atoms with E-state index in [9.17, 15) is 34.5 Å². The van der Waals surface area contributed by atoms with Crippen LogP contribution in [0.3, 0.4) is 0 Å². The van der Waals surface area contributed by atoms with E-state index >= 15 is 0 Å². The Labute approximate surface area is 230 Å². The Morgan fingerprint density at radius 2 is 1.27 bits per heavy atom. The Balaban J connectivity index is 0. The zero-order chi connectivity index (χ0) is 22.3. The first-order valence-electron chi connectivity index (χ1n) is 9.50. The summed E-state index contributed by atoms with van der Waals surface area (Å²) >= 11 is 0. The molecule has 14 heteroatoms. The molecule has 1 aromatic rings. The monoisotopic (exact) mass is 612 g/mol. The van der Waals surface area contributed by atoms with Crippen molar-refractivity contribution < 1.29 is 99.9 Å². The maximum absolute atomic E-state index is 11.5. The van der Waals surface area contributed by atoms with Crippen LogP contribution >= 0.6 is 0 Å². The minimum atomic E-state index is -1.20. The van der Waals surface area contributed by atoms with Crippen LogP contribution in [0.25, 0.3) is 0 Å². The fourth-order valence-corrected chi connectivity index (χ4v) is 3.94. The molecule has 2 atom stereocenters. The van der Waals surface area contributed by atoms with E-state index in [1.807, 2.05) is 0 Å². The second-order valence-corrected chi connectivity index (χ2v) is 7.23. The summed E-state index contributed by atoms with van der Waals surface area (Å²) in [5.41, 5.74) is 0.199. The van der Waals surface area contributed by atoms with Gasteiger partial charge in [0.1, 0.15) is 5.69 Å². The molecule has 1 fully saturated rings. The molecule has 0 spiro atoms. The molecule has 1 aromatic heterocycles. The quantitative estimate of drug-likeness (QED) is 0.232. The van der Waals surface area contributed by atoms with Gasteiger partial charge in [0.2, 0.25) is 0 Å². The minimum absolute atomic E-state index is 0. The molecule has 0 aromatic carbocycles. The zero-order valence-corrected chi connectivity index (χ0v) is 20.1. The van der Waals surface area contributed by atoms with Crippen LogP contribution in [0, 0.1) is 49.4 Å². The number of hydrogen-bond acceptors (Lipinski definition) is 7. The second kappa shape index (κ2) is 16.1. The third-order valence-corrected chi connectivity index (χ3v) is 5.04.